The third-order valence-electron chi connectivity index (χ3n) is 1.73. The van der Waals surface area contributed by atoms with Gasteiger partial charge in [0.05, 0.1) is 5.69 Å². The van der Waals surface area contributed by atoms with Gasteiger partial charge in [-0.1, -0.05) is 0 Å². The summed E-state index contributed by atoms with van der Waals surface area (Å²) < 4.78 is 5.14. The van der Waals surface area contributed by atoms with E-state index in [0.717, 1.165) is 0 Å². The smallest absolute Gasteiger partial charge is 0.320 e. The van der Waals surface area contributed by atoms with E-state index < -0.39 is 12.0 Å². The second-order valence-electron chi connectivity index (χ2n) is 2.88. The minimum atomic E-state index is -1.03. The highest BCUT2D eigenvalue weighted by Crippen LogP contribution is 2.10. The molecule has 1 rings (SSSR count). The Bertz CT molecular complexity index is 319. The van der Waals surface area contributed by atoms with E-state index in [4.69, 9.17) is 15.3 Å². The van der Waals surface area contributed by atoms with Crippen molar-refractivity contribution < 1.29 is 14.3 Å². The molecule has 0 saturated heterocycles. The fourth-order valence-corrected chi connectivity index (χ4v) is 1.06. The molecule has 1 unspecified atom stereocenters. The van der Waals surface area contributed by atoms with Crippen molar-refractivity contribution in [3.05, 3.63) is 17.3 Å². The molecule has 0 spiro atoms. The van der Waals surface area contributed by atoms with Gasteiger partial charge in [0.25, 0.3) is 0 Å². The summed E-state index contributed by atoms with van der Waals surface area (Å²) in [5.41, 5.74) is 5.96. The first-order chi connectivity index (χ1) is 6.00. The van der Waals surface area contributed by atoms with Gasteiger partial charge in [-0.25, -0.2) is 4.98 Å². The molecular formula is C8H12N2O3. The van der Waals surface area contributed by atoms with Crippen molar-refractivity contribution in [3.63, 3.8) is 0 Å². The molecule has 0 amide bonds. The zero-order chi connectivity index (χ0) is 10.0. The Labute approximate surface area is 75.6 Å². The van der Waals surface area contributed by atoms with E-state index in [0.29, 0.717) is 17.3 Å². The molecule has 0 saturated carbocycles. The monoisotopic (exact) mass is 184 g/mol. The summed E-state index contributed by atoms with van der Waals surface area (Å²) in [6.07, 6.45) is 0.207. The molecule has 0 aliphatic heterocycles. The first-order valence-electron chi connectivity index (χ1n) is 3.92. The Hall–Kier alpha value is -1.36. The van der Waals surface area contributed by atoms with Gasteiger partial charge in [-0.15, -0.1) is 0 Å². The highest BCUT2D eigenvalue weighted by Gasteiger charge is 2.16. The highest BCUT2D eigenvalue weighted by atomic mass is 16.4. The molecule has 0 radical (unpaired) electrons. The van der Waals surface area contributed by atoms with Crippen LogP contribution in [0.3, 0.4) is 0 Å². The first-order valence-corrected chi connectivity index (χ1v) is 3.92. The van der Waals surface area contributed by atoms with E-state index in [1.165, 1.54) is 0 Å². The number of carboxylic acids is 1. The molecule has 0 fully saturated rings. The fraction of sp³-hybridized carbons (Fsp3) is 0.500. The summed E-state index contributed by atoms with van der Waals surface area (Å²) in [6, 6.07) is -0.914. The summed E-state index contributed by atoms with van der Waals surface area (Å²) in [5.74, 6) is 0.138. The van der Waals surface area contributed by atoms with Crippen LogP contribution in [0.15, 0.2) is 4.42 Å². The second-order valence-corrected chi connectivity index (χ2v) is 2.88. The molecule has 3 N–H and O–H groups in total. The molecule has 13 heavy (non-hydrogen) atoms. The summed E-state index contributed by atoms with van der Waals surface area (Å²) >= 11 is 0. The van der Waals surface area contributed by atoms with Crippen LogP contribution in [0.25, 0.3) is 0 Å². The van der Waals surface area contributed by atoms with Gasteiger partial charge in [-0.2, -0.15) is 0 Å². The lowest BCUT2D eigenvalue weighted by Gasteiger charge is -2.02. The average Bonchev–Trinajstić information content (AvgIpc) is 2.30. The van der Waals surface area contributed by atoms with E-state index >= 15 is 0 Å². The van der Waals surface area contributed by atoms with Gasteiger partial charge in [0, 0.05) is 13.3 Å². The number of nitrogens with two attached hydrogens (primary N) is 1. The number of aliphatic carboxylic acids is 1. The quantitative estimate of drug-likeness (QED) is 0.702. The van der Waals surface area contributed by atoms with Crippen LogP contribution in [0, 0.1) is 13.8 Å². The minimum Gasteiger partial charge on any atom is -0.480 e. The zero-order valence-electron chi connectivity index (χ0n) is 7.57. The number of nitrogens with zero attached hydrogens (tertiary/aromatic N) is 1. The molecule has 1 aromatic rings. The van der Waals surface area contributed by atoms with E-state index in [1.54, 1.807) is 13.8 Å². The SMILES string of the molecule is Cc1nc(CC(N)C(=O)O)c(C)o1. The van der Waals surface area contributed by atoms with Gasteiger partial charge in [0.1, 0.15) is 11.8 Å². The Morgan fingerprint density at radius 3 is 2.69 bits per heavy atom. The summed E-state index contributed by atoms with van der Waals surface area (Å²) in [7, 11) is 0. The van der Waals surface area contributed by atoms with Gasteiger partial charge in [0.15, 0.2) is 5.89 Å². The third-order valence-corrected chi connectivity index (χ3v) is 1.73. The molecule has 5 nitrogen and oxygen atoms in total. The van der Waals surface area contributed by atoms with Crippen molar-refractivity contribution in [2.45, 2.75) is 26.3 Å². The standard InChI is InChI=1S/C8H12N2O3/c1-4-7(10-5(2)13-4)3-6(9)8(11)12/h6H,3,9H2,1-2H3,(H,11,12). The lowest BCUT2D eigenvalue weighted by atomic mass is 10.1. The van der Waals surface area contributed by atoms with Crippen molar-refractivity contribution in [1.82, 2.24) is 4.98 Å². The predicted octanol–water partition coefficient (Wildman–Crippen LogP) is 0.246. The Kier molecular flexibility index (Phi) is 2.67. The average molecular weight is 184 g/mol. The molecular weight excluding hydrogens is 172 g/mol. The van der Waals surface area contributed by atoms with E-state index in [1.807, 2.05) is 0 Å². The maximum atomic E-state index is 10.4. The minimum absolute atomic E-state index is 0.207. The number of rotatable bonds is 3. The summed E-state index contributed by atoms with van der Waals surface area (Å²) in [4.78, 5) is 14.5. The number of hydrogen-bond acceptors (Lipinski definition) is 4. The molecule has 72 valence electrons. The Morgan fingerprint density at radius 1 is 1.69 bits per heavy atom. The number of carboxylic acid groups (broad SMARTS) is 1. The highest BCUT2D eigenvalue weighted by molar-refractivity contribution is 5.73. The van der Waals surface area contributed by atoms with E-state index in [9.17, 15) is 4.79 Å². The topological polar surface area (TPSA) is 89.3 Å². The predicted molar refractivity (Wildman–Crippen MR) is 45.3 cm³/mol. The summed E-state index contributed by atoms with van der Waals surface area (Å²) in [6.45, 7) is 3.45. The van der Waals surface area contributed by atoms with Gasteiger partial charge in [0.2, 0.25) is 0 Å². The zero-order valence-corrected chi connectivity index (χ0v) is 7.57. The summed E-state index contributed by atoms with van der Waals surface area (Å²) in [5, 5.41) is 8.56. The van der Waals surface area contributed by atoms with Gasteiger partial charge in [-0.05, 0) is 6.92 Å². The second kappa shape index (κ2) is 3.57. The van der Waals surface area contributed by atoms with Crippen molar-refractivity contribution in [2.24, 2.45) is 5.73 Å². The number of aromatic nitrogens is 1. The van der Waals surface area contributed by atoms with Crippen LogP contribution >= 0.6 is 0 Å². The van der Waals surface area contributed by atoms with Crippen LogP contribution in [-0.2, 0) is 11.2 Å². The Balaban J connectivity index is 2.74. The third kappa shape index (κ3) is 2.29. The van der Waals surface area contributed by atoms with Crippen LogP contribution in [0.5, 0.6) is 0 Å². The number of hydrogen-bond donors (Lipinski definition) is 2. The molecule has 1 aromatic heterocycles. The van der Waals surface area contributed by atoms with Crippen LogP contribution in [-0.4, -0.2) is 22.1 Å². The van der Waals surface area contributed by atoms with Crippen LogP contribution < -0.4 is 5.73 Å². The molecule has 0 bridgehead atoms. The van der Waals surface area contributed by atoms with Gasteiger partial charge >= 0.3 is 5.97 Å². The molecule has 0 aromatic carbocycles. The number of aryl methyl sites for hydroxylation is 2. The van der Waals surface area contributed by atoms with Crippen LogP contribution in [0.4, 0.5) is 0 Å². The van der Waals surface area contributed by atoms with Gasteiger partial charge < -0.3 is 15.3 Å². The van der Waals surface area contributed by atoms with Crippen molar-refractivity contribution in [3.8, 4) is 0 Å². The molecule has 5 heteroatoms. The lowest BCUT2D eigenvalue weighted by molar-refractivity contribution is -0.138. The fourth-order valence-electron chi connectivity index (χ4n) is 1.06. The van der Waals surface area contributed by atoms with Gasteiger partial charge in [-0.3, -0.25) is 4.79 Å². The first kappa shape index (κ1) is 9.73. The van der Waals surface area contributed by atoms with E-state index in [-0.39, 0.29) is 6.42 Å². The Morgan fingerprint density at radius 2 is 2.31 bits per heavy atom. The van der Waals surface area contributed by atoms with Crippen molar-refractivity contribution in [1.29, 1.82) is 0 Å². The molecule has 0 aliphatic rings. The normalized spacial score (nSPS) is 12.8. The number of carbonyl (C=O) groups is 1. The maximum absolute atomic E-state index is 10.4. The largest absolute Gasteiger partial charge is 0.480 e. The molecule has 1 heterocycles. The lowest BCUT2D eigenvalue weighted by Crippen LogP contribution is -2.32. The number of oxazole rings is 1. The van der Waals surface area contributed by atoms with E-state index in [2.05, 4.69) is 4.98 Å². The maximum Gasteiger partial charge on any atom is 0.320 e. The van der Waals surface area contributed by atoms with Crippen LogP contribution in [0.1, 0.15) is 17.3 Å². The molecule has 0 aliphatic carbocycles. The van der Waals surface area contributed by atoms with Crippen molar-refractivity contribution >= 4 is 5.97 Å². The molecule has 1 atom stereocenters. The van der Waals surface area contributed by atoms with Crippen molar-refractivity contribution in [2.75, 3.05) is 0 Å². The van der Waals surface area contributed by atoms with Crippen LogP contribution in [0.2, 0.25) is 0 Å².